The van der Waals surface area contributed by atoms with Crippen LogP contribution in [0.3, 0.4) is 0 Å². The number of rotatable bonds is 9. The third kappa shape index (κ3) is 5.58. The summed E-state index contributed by atoms with van der Waals surface area (Å²) in [5.74, 6) is 0.717. The molecule has 0 aliphatic carbocycles. The standard InChI is InChI=1S/C25H28N2O3S/c1-17(19-13-8-10-18-9-4-5-11-20(18)19)26-25(29)22(15-16-31-3)27-24(28)21-12-6-7-14-23(21)30-2/h4-14,17,22H,15-16H2,1-3H3,(H,26,29)(H,27,28). The molecule has 5 nitrogen and oxygen atoms in total. The number of methoxy groups -OCH3 is 1. The Morgan fingerprint density at radius 2 is 1.68 bits per heavy atom. The highest BCUT2D eigenvalue weighted by Gasteiger charge is 2.24. The highest BCUT2D eigenvalue weighted by Crippen LogP contribution is 2.24. The van der Waals surface area contributed by atoms with Gasteiger partial charge in [0.1, 0.15) is 11.8 Å². The highest BCUT2D eigenvalue weighted by atomic mass is 32.2. The molecule has 2 amide bonds. The third-order valence-electron chi connectivity index (χ3n) is 5.23. The fraction of sp³-hybridized carbons (Fsp3) is 0.280. The van der Waals surface area contributed by atoms with E-state index in [0.717, 1.165) is 22.1 Å². The summed E-state index contributed by atoms with van der Waals surface area (Å²) in [6.07, 6.45) is 2.52. The number of nitrogens with one attached hydrogen (secondary N) is 2. The van der Waals surface area contributed by atoms with Gasteiger partial charge in [0, 0.05) is 0 Å². The Balaban J connectivity index is 1.77. The van der Waals surface area contributed by atoms with Crippen molar-refractivity contribution < 1.29 is 14.3 Å². The minimum Gasteiger partial charge on any atom is -0.496 e. The van der Waals surface area contributed by atoms with E-state index in [4.69, 9.17) is 4.74 Å². The first kappa shape index (κ1) is 22.7. The van der Waals surface area contributed by atoms with Gasteiger partial charge in [0.05, 0.1) is 18.7 Å². The van der Waals surface area contributed by atoms with Gasteiger partial charge >= 0.3 is 0 Å². The van der Waals surface area contributed by atoms with Gasteiger partial charge in [0.2, 0.25) is 5.91 Å². The van der Waals surface area contributed by atoms with E-state index >= 15 is 0 Å². The molecule has 0 saturated heterocycles. The summed E-state index contributed by atoms with van der Waals surface area (Å²) in [4.78, 5) is 26.0. The molecule has 0 radical (unpaired) electrons. The Morgan fingerprint density at radius 1 is 0.968 bits per heavy atom. The van der Waals surface area contributed by atoms with E-state index in [1.54, 1.807) is 36.0 Å². The van der Waals surface area contributed by atoms with E-state index in [-0.39, 0.29) is 17.9 Å². The molecule has 31 heavy (non-hydrogen) atoms. The molecule has 162 valence electrons. The smallest absolute Gasteiger partial charge is 0.255 e. The lowest BCUT2D eigenvalue weighted by molar-refractivity contribution is -0.123. The van der Waals surface area contributed by atoms with Crippen LogP contribution < -0.4 is 15.4 Å². The van der Waals surface area contributed by atoms with E-state index in [1.165, 1.54) is 7.11 Å². The zero-order chi connectivity index (χ0) is 22.2. The number of carbonyl (C=O) groups excluding carboxylic acids is 2. The summed E-state index contributed by atoms with van der Waals surface area (Å²) < 4.78 is 5.29. The number of hydrogen-bond donors (Lipinski definition) is 2. The number of carbonyl (C=O) groups is 2. The van der Waals surface area contributed by atoms with E-state index in [1.807, 2.05) is 37.4 Å². The van der Waals surface area contributed by atoms with Crippen LogP contribution in [0.1, 0.15) is 35.3 Å². The first-order chi connectivity index (χ1) is 15.0. The summed E-state index contributed by atoms with van der Waals surface area (Å²) in [6, 6.07) is 20.4. The van der Waals surface area contributed by atoms with Crippen LogP contribution in [0.5, 0.6) is 5.75 Å². The van der Waals surface area contributed by atoms with E-state index < -0.39 is 6.04 Å². The van der Waals surface area contributed by atoms with Crippen molar-refractivity contribution in [2.24, 2.45) is 0 Å². The van der Waals surface area contributed by atoms with E-state index in [0.29, 0.717) is 17.7 Å². The second-order valence-electron chi connectivity index (χ2n) is 7.31. The van der Waals surface area contributed by atoms with E-state index in [9.17, 15) is 9.59 Å². The molecular weight excluding hydrogens is 408 g/mol. The van der Waals surface area contributed by atoms with Crippen LogP contribution in [-0.4, -0.2) is 37.0 Å². The van der Waals surface area contributed by atoms with Crippen molar-refractivity contribution in [3.05, 3.63) is 77.9 Å². The van der Waals surface area contributed by atoms with Gasteiger partial charge in [-0.15, -0.1) is 0 Å². The Kier molecular flexibility index (Phi) is 7.95. The number of para-hydroxylation sites is 1. The van der Waals surface area contributed by atoms with Crippen LogP contribution >= 0.6 is 11.8 Å². The molecule has 0 spiro atoms. The summed E-state index contributed by atoms with van der Waals surface area (Å²) >= 11 is 1.64. The number of amides is 2. The fourth-order valence-electron chi connectivity index (χ4n) is 3.59. The first-order valence-electron chi connectivity index (χ1n) is 10.3. The maximum Gasteiger partial charge on any atom is 0.255 e. The Hall–Kier alpha value is -2.99. The van der Waals surface area contributed by atoms with Crippen molar-refractivity contribution in [2.75, 3.05) is 19.1 Å². The van der Waals surface area contributed by atoms with Gasteiger partial charge < -0.3 is 15.4 Å². The molecule has 0 fully saturated rings. The van der Waals surface area contributed by atoms with Crippen LogP contribution in [0.15, 0.2) is 66.7 Å². The molecule has 3 rings (SSSR count). The van der Waals surface area contributed by atoms with Crippen molar-refractivity contribution in [3.63, 3.8) is 0 Å². The normalized spacial score (nSPS) is 12.7. The first-order valence-corrected chi connectivity index (χ1v) is 11.7. The average Bonchev–Trinajstić information content (AvgIpc) is 2.80. The topological polar surface area (TPSA) is 67.4 Å². The molecule has 0 heterocycles. The van der Waals surface area contributed by atoms with Crippen molar-refractivity contribution >= 4 is 34.3 Å². The number of fused-ring (bicyclic) bond motifs is 1. The maximum atomic E-state index is 13.1. The summed E-state index contributed by atoms with van der Waals surface area (Å²) in [5, 5.41) is 8.22. The highest BCUT2D eigenvalue weighted by molar-refractivity contribution is 7.98. The second-order valence-corrected chi connectivity index (χ2v) is 8.29. The van der Waals surface area contributed by atoms with Gasteiger partial charge in [-0.25, -0.2) is 0 Å². The van der Waals surface area contributed by atoms with Crippen LogP contribution in [0.2, 0.25) is 0 Å². The minimum atomic E-state index is -0.637. The Bertz CT molecular complexity index is 1050. The molecule has 2 atom stereocenters. The summed E-state index contributed by atoms with van der Waals surface area (Å²) in [5.41, 5.74) is 1.46. The van der Waals surface area contributed by atoms with Gasteiger partial charge in [0.25, 0.3) is 5.91 Å². The predicted octanol–water partition coefficient (Wildman–Crippen LogP) is 4.58. The lowest BCUT2D eigenvalue weighted by Gasteiger charge is -2.22. The Labute approximate surface area is 187 Å². The van der Waals surface area contributed by atoms with Crippen molar-refractivity contribution in [1.82, 2.24) is 10.6 Å². The fourth-order valence-corrected chi connectivity index (χ4v) is 4.06. The molecule has 2 unspecified atom stereocenters. The summed E-state index contributed by atoms with van der Waals surface area (Å²) in [6.45, 7) is 1.97. The molecule has 3 aromatic rings. The number of hydrogen-bond acceptors (Lipinski definition) is 4. The van der Waals surface area contributed by atoms with Gasteiger partial charge in [-0.1, -0.05) is 54.6 Å². The molecule has 0 bridgehead atoms. The average molecular weight is 437 g/mol. The number of thioether (sulfide) groups is 1. The molecule has 0 aliphatic heterocycles. The van der Waals surface area contributed by atoms with Crippen molar-refractivity contribution in [3.8, 4) is 5.75 Å². The minimum absolute atomic E-state index is 0.196. The van der Waals surface area contributed by atoms with Crippen LogP contribution in [-0.2, 0) is 4.79 Å². The zero-order valence-corrected chi connectivity index (χ0v) is 18.9. The Morgan fingerprint density at radius 3 is 2.45 bits per heavy atom. The lowest BCUT2D eigenvalue weighted by Crippen LogP contribution is -2.47. The van der Waals surface area contributed by atoms with Gasteiger partial charge in [-0.05, 0) is 53.8 Å². The van der Waals surface area contributed by atoms with Crippen molar-refractivity contribution in [2.45, 2.75) is 25.4 Å². The maximum absolute atomic E-state index is 13.1. The number of ether oxygens (including phenoxy) is 1. The molecule has 0 aromatic heterocycles. The van der Waals surface area contributed by atoms with Gasteiger partial charge in [-0.3, -0.25) is 9.59 Å². The SMILES string of the molecule is COc1ccccc1C(=O)NC(CCSC)C(=O)NC(C)c1cccc2ccccc12. The third-order valence-corrected chi connectivity index (χ3v) is 5.88. The van der Waals surface area contributed by atoms with Crippen molar-refractivity contribution in [1.29, 1.82) is 0 Å². The zero-order valence-electron chi connectivity index (χ0n) is 18.1. The molecule has 6 heteroatoms. The largest absolute Gasteiger partial charge is 0.496 e. The van der Waals surface area contributed by atoms with Gasteiger partial charge in [-0.2, -0.15) is 11.8 Å². The van der Waals surface area contributed by atoms with E-state index in [2.05, 4.69) is 28.8 Å². The second kappa shape index (κ2) is 10.9. The lowest BCUT2D eigenvalue weighted by atomic mass is 9.99. The quantitative estimate of drug-likeness (QED) is 0.515. The monoisotopic (exact) mass is 436 g/mol. The molecule has 0 saturated carbocycles. The van der Waals surface area contributed by atoms with Gasteiger partial charge in [0.15, 0.2) is 0 Å². The molecule has 2 N–H and O–H groups in total. The van der Waals surface area contributed by atoms with Crippen LogP contribution in [0.25, 0.3) is 10.8 Å². The molecule has 3 aromatic carbocycles. The van der Waals surface area contributed by atoms with Crippen LogP contribution in [0.4, 0.5) is 0 Å². The molecule has 0 aliphatic rings. The van der Waals surface area contributed by atoms with Crippen LogP contribution in [0, 0.1) is 0 Å². The predicted molar refractivity (Wildman–Crippen MR) is 128 cm³/mol. The molecular formula is C25H28N2O3S. The number of benzene rings is 3. The summed E-state index contributed by atoms with van der Waals surface area (Å²) in [7, 11) is 1.52.